The number of benzene rings is 1. The molecule has 0 aliphatic rings. The van der Waals surface area contributed by atoms with Gasteiger partial charge in [-0.1, -0.05) is 12.1 Å². The summed E-state index contributed by atoms with van der Waals surface area (Å²) in [6, 6.07) is 7.68. The van der Waals surface area contributed by atoms with E-state index in [2.05, 4.69) is 25.5 Å². The van der Waals surface area contributed by atoms with E-state index in [0.29, 0.717) is 12.5 Å². The predicted molar refractivity (Wildman–Crippen MR) is 71.5 cm³/mol. The van der Waals surface area contributed by atoms with E-state index in [-0.39, 0.29) is 0 Å². The number of aromatic nitrogens is 4. The Balaban J connectivity index is 1.81. The van der Waals surface area contributed by atoms with E-state index in [1.54, 1.807) is 11.3 Å². The zero-order chi connectivity index (χ0) is 12.4. The van der Waals surface area contributed by atoms with Gasteiger partial charge >= 0.3 is 0 Å². The van der Waals surface area contributed by atoms with Crippen molar-refractivity contribution < 1.29 is 0 Å². The van der Waals surface area contributed by atoms with Crippen LogP contribution in [0.2, 0.25) is 0 Å². The molecular formula is C12H11N5S. The molecular weight excluding hydrogens is 246 g/mol. The SMILES string of the molecule is Cc1ncsc1CNc1nnc2ccccc2n1. The van der Waals surface area contributed by atoms with Crippen molar-refractivity contribution in [3.05, 3.63) is 40.3 Å². The van der Waals surface area contributed by atoms with E-state index >= 15 is 0 Å². The van der Waals surface area contributed by atoms with Crippen LogP contribution >= 0.6 is 11.3 Å². The molecule has 0 radical (unpaired) electrons. The molecule has 6 heteroatoms. The maximum absolute atomic E-state index is 4.40. The van der Waals surface area contributed by atoms with Crippen LogP contribution in [0.1, 0.15) is 10.6 Å². The van der Waals surface area contributed by atoms with E-state index in [1.165, 1.54) is 4.88 Å². The smallest absolute Gasteiger partial charge is 0.243 e. The number of fused-ring (bicyclic) bond motifs is 1. The summed E-state index contributed by atoms with van der Waals surface area (Å²) in [5, 5.41) is 11.3. The summed E-state index contributed by atoms with van der Waals surface area (Å²) in [6.07, 6.45) is 0. The average molecular weight is 257 g/mol. The summed E-state index contributed by atoms with van der Waals surface area (Å²) in [6.45, 7) is 2.67. The normalized spacial score (nSPS) is 10.7. The van der Waals surface area contributed by atoms with Gasteiger partial charge in [-0.2, -0.15) is 0 Å². The van der Waals surface area contributed by atoms with Crippen molar-refractivity contribution in [1.82, 2.24) is 20.2 Å². The molecule has 0 aliphatic heterocycles. The fourth-order valence-corrected chi connectivity index (χ4v) is 2.33. The van der Waals surface area contributed by atoms with Crippen LogP contribution in [0.25, 0.3) is 11.0 Å². The van der Waals surface area contributed by atoms with Gasteiger partial charge in [-0.05, 0) is 19.1 Å². The summed E-state index contributed by atoms with van der Waals surface area (Å²) < 4.78 is 0. The van der Waals surface area contributed by atoms with Crippen molar-refractivity contribution in [2.45, 2.75) is 13.5 Å². The molecule has 5 nitrogen and oxygen atoms in total. The molecule has 0 aliphatic carbocycles. The van der Waals surface area contributed by atoms with Gasteiger partial charge in [0.25, 0.3) is 0 Å². The van der Waals surface area contributed by atoms with E-state index in [9.17, 15) is 0 Å². The van der Waals surface area contributed by atoms with Crippen LogP contribution in [0.3, 0.4) is 0 Å². The summed E-state index contributed by atoms with van der Waals surface area (Å²) in [5.74, 6) is 0.543. The third-order valence-electron chi connectivity index (χ3n) is 2.61. The molecule has 3 rings (SSSR count). The zero-order valence-electron chi connectivity index (χ0n) is 9.79. The van der Waals surface area contributed by atoms with Crippen molar-refractivity contribution in [3.8, 4) is 0 Å². The van der Waals surface area contributed by atoms with Gasteiger partial charge in [0.2, 0.25) is 5.95 Å². The van der Waals surface area contributed by atoms with E-state index in [0.717, 1.165) is 16.7 Å². The van der Waals surface area contributed by atoms with Gasteiger partial charge in [0, 0.05) is 4.88 Å². The highest BCUT2D eigenvalue weighted by atomic mass is 32.1. The van der Waals surface area contributed by atoms with Crippen LogP contribution in [0.15, 0.2) is 29.8 Å². The molecule has 18 heavy (non-hydrogen) atoms. The van der Waals surface area contributed by atoms with Gasteiger partial charge < -0.3 is 5.32 Å². The molecule has 0 bridgehead atoms. The van der Waals surface area contributed by atoms with Crippen molar-refractivity contribution in [1.29, 1.82) is 0 Å². The Morgan fingerprint density at radius 3 is 2.78 bits per heavy atom. The summed E-state index contributed by atoms with van der Waals surface area (Å²) in [5.41, 5.74) is 4.53. The number of nitrogens with one attached hydrogen (secondary N) is 1. The Hall–Kier alpha value is -2.08. The van der Waals surface area contributed by atoms with Crippen molar-refractivity contribution in [3.63, 3.8) is 0 Å². The molecule has 0 amide bonds. The van der Waals surface area contributed by atoms with E-state index < -0.39 is 0 Å². The lowest BCUT2D eigenvalue weighted by molar-refractivity contribution is 0.984. The minimum Gasteiger partial charge on any atom is -0.348 e. The second-order valence-electron chi connectivity index (χ2n) is 3.84. The van der Waals surface area contributed by atoms with Crippen LogP contribution in [-0.2, 0) is 6.54 Å². The maximum atomic E-state index is 4.40. The first-order valence-electron chi connectivity index (χ1n) is 5.55. The molecule has 90 valence electrons. The minimum atomic E-state index is 0.543. The Labute approximate surface area is 108 Å². The highest BCUT2D eigenvalue weighted by Crippen LogP contribution is 2.14. The first kappa shape index (κ1) is 11.0. The van der Waals surface area contributed by atoms with Gasteiger partial charge in [0.15, 0.2) is 0 Å². The minimum absolute atomic E-state index is 0.543. The van der Waals surface area contributed by atoms with Crippen molar-refractivity contribution >= 4 is 28.3 Å². The standard InChI is InChI=1S/C12H11N5S/c1-8-11(18-7-14-8)6-13-12-15-9-4-2-3-5-10(9)16-17-12/h2-5,7H,6H2,1H3,(H,13,15,17). The number of hydrogen-bond acceptors (Lipinski definition) is 6. The molecule has 3 aromatic rings. The summed E-state index contributed by atoms with van der Waals surface area (Å²) in [4.78, 5) is 9.79. The fourth-order valence-electron chi connectivity index (χ4n) is 1.61. The number of aryl methyl sites for hydroxylation is 1. The largest absolute Gasteiger partial charge is 0.348 e. The van der Waals surface area contributed by atoms with Crippen molar-refractivity contribution in [2.75, 3.05) is 5.32 Å². The molecule has 0 saturated heterocycles. The molecule has 0 atom stereocenters. The van der Waals surface area contributed by atoms with Gasteiger partial charge in [0.1, 0.15) is 5.52 Å². The fraction of sp³-hybridized carbons (Fsp3) is 0.167. The Kier molecular flexibility index (Phi) is 2.85. The van der Waals surface area contributed by atoms with Crippen LogP contribution < -0.4 is 5.32 Å². The van der Waals surface area contributed by atoms with Gasteiger partial charge in [-0.25, -0.2) is 9.97 Å². The Bertz CT molecular complexity index is 679. The molecule has 0 unspecified atom stereocenters. The van der Waals surface area contributed by atoms with Gasteiger partial charge in [-0.15, -0.1) is 21.5 Å². The van der Waals surface area contributed by atoms with E-state index in [1.807, 2.05) is 36.7 Å². The highest BCUT2D eigenvalue weighted by molar-refractivity contribution is 7.09. The summed E-state index contributed by atoms with van der Waals surface area (Å²) >= 11 is 1.62. The lowest BCUT2D eigenvalue weighted by Gasteiger charge is -2.03. The number of anilines is 1. The lowest BCUT2D eigenvalue weighted by atomic mass is 10.3. The predicted octanol–water partition coefficient (Wildman–Crippen LogP) is 2.40. The second kappa shape index (κ2) is 4.66. The molecule has 1 N–H and O–H groups in total. The van der Waals surface area contributed by atoms with E-state index in [4.69, 9.17) is 0 Å². The topological polar surface area (TPSA) is 63.6 Å². The summed E-state index contributed by atoms with van der Waals surface area (Å²) in [7, 11) is 0. The quantitative estimate of drug-likeness (QED) is 0.780. The molecule has 0 saturated carbocycles. The van der Waals surface area contributed by atoms with Crippen molar-refractivity contribution in [2.24, 2.45) is 0 Å². The molecule has 0 spiro atoms. The molecule has 2 heterocycles. The first-order chi connectivity index (χ1) is 8.83. The third-order valence-corrected chi connectivity index (χ3v) is 3.55. The molecule has 0 fully saturated rings. The molecule has 1 aromatic carbocycles. The Morgan fingerprint density at radius 2 is 2.00 bits per heavy atom. The van der Waals surface area contributed by atoms with Crippen LogP contribution in [-0.4, -0.2) is 20.2 Å². The zero-order valence-corrected chi connectivity index (χ0v) is 10.6. The molecule has 2 aromatic heterocycles. The number of para-hydroxylation sites is 1. The number of rotatable bonds is 3. The number of thiazole rings is 1. The Morgan fingerprint density at radius 1 is 1.17 bits per heavy atom. The maximum Gasteiger partial charge on any atom is 0.243 e. The average Bonchev–Trinajstić information content (AvgIpc) is 2.82. The number of hydrogen-bond donors (Lipinski definition) is 1. The monoisotopic (exact) mass is 257 g/mol. The van der Waals surface area contributed by atoms with Gasteiger partial charge in [-0.3, -0.25) is 0 Å². The van der Waals surface area contributed by atoms with Crippen LogP contribution in [0.5, 0.6) is 0 Å². The second-order valence-corrected chi connectivity index (χ2v) is 4.78. The lowest BCUT2D eigenvalue weighted by Crippen LogP contribution is -2.04. The van der Waals surface area contributed by atoms with Crippen LogP contribution in [0, 0.1) is 6.92 Å². The van der Waals surface area contributed by atoms with Crippen LogP contribution in [0.4, 0.5) is 5.95 Å². The highest BCUT2D eigenvalue weighted by Gasteiger charge is 2.03. The number of nitrogens with zero attached hydrogens (tertiary/aromatic N) is 4. The third kappa shape index (κ3) is 2.14. The van der Waals surface area contributed by atoms with Gasteiger partial charge in [0.05, 0.1) is 23.3 Å². The first-order valence-corrected chi connectivity index (χ1v) is 6.43.